The highest BCUT2D eigenvalue weighted by molar-refractivity contribution is 5.14. The van der Waals surface area contributed by atoms with Gasteiger partial charge in [0.25, 0.3) is 0 Å². The van der Waals surface area contributed by atoms with Crippen LogP contribution in [0.3, 0.4) is 0 Å². The van der Waals surface area contributed by atoms with E-state index in [0.29, 0.717) is 5.92 Å². The Morgan fingerprint density at radius 1 is 1.50 bits per heavy atom. The minimum Gasteiger partial charge on any atom is -0.392 e. The number of aliphatic hydroxyl groups excluding tert-OH is 1. The summed E-state index contributed by atoms with van der Waals surface area (Å²) >= 11 is 0. The fourth-order valence-electron chi connectivity index (χ4n) is 2.09. The van der Waals surface area contributed by atoms with E-state index in [-0.39, 0.29) is 6.10 Å². The van der Waals surface area contributed by atoms with Crippen molar-refractivity contribution >= 4 is 0 Å². The third-order valence-electron chi connectivity index (χ3n) is 3.05. The van der Waals surface area contributed by atoms with Crippen LogP contribution in [0.5, 0.6) is 0 Å². The number of hydrogen-bond acceptors (Lipinski definition) is 3. The molecule has 1 aromatic rings. The van der Waals surface area contributed by atoms with Crippen LogP contribution in [0.2, 0.25) is 0 Å². The van der Waals surface area contributed by atoms with Crippen LogP contribution in [0, 0.1) is 0 Å². The summed E-state index contributed by atoms with van der Waals surface area (Å²) in [5.41, 5.74) is 2.26. The predicted molar refractivity (Wildman–Crippen MR) is 64.2 cm³/mol. The number of rotatable bonds is 3. The summed E-state index contributed by atoms with van der Waals surface area (Å²) in [7, 11) is 0. The number of aliphatic hydroxyl groups is 1. The molecule has 0 bridgehead atoms. The second-order valence-corrected chi connectivity index (χ2v) is 4.89. The zero-order valence-corrected chi connectivity index (χ0v) is 10.1. The van der Waals surface area contributed by atoms with Crippen molar-refractivity contribution in [3.63, 3.8) is 0 Å². The Labute approximate surface area is 97.1 Å². The summed E-state index contributed by atoms with van der Waals surface area (Å²) in [4.78, 5) is 6.90. The first-order valence-electron chi connectivity index (χ1n) is 6.01. The lowest BCUT2D eigenvalue weighted by Crippen LogP contribution is -2.22. The van der Waals surface area contributed by atoms with Crippen LogP contribution in [0.4, 0.5) is 0 Å². The Balaban J connectivity index is 2.01. The van der Waals surface area contributed by atoms with Crippen LogP contribution < -0.4 is 0 Å². The smallest absolute Gasteiger partial charge is 0.0679 e. The van der Waals surface area contributed by atoms with E-state index >= 15 is 0 Å². The van der Waals surface area contributed by atoms with Gasteiger partial charge in [0.2, 0.25) is 0 Å². The van der Waals surface area contributed by atoms with Crippen molar-refractivity contribution in [3.8, 4) is 0 Å². The molecular weight excluding hydrogens is 200 g/mol. The van der Waals surface area contributed by atoms with Crippen molar-refractivity contribution in [2.45, 2.75) is 38.8 Å². The van der Waals surface area contributed by atoms with Gasteiger partial charge in [-0.05, 0) is 24.5 Å². The molecule has 0 aliphatic carbocycles. The molecule has 0 aromatic carbocycles. The van der Waals surface area contributed by atoms with Crippen molar-refractivity contribution in [2.75, 3.05) is 13.1 Å². The highest BCUT2D eigenvalue weighted by Crippen LogP contribution is 2.15. The highest BCUT2D eigenvalue weighted by Gasteiger charge is 2.20. The van der Waals surface area contributed by atoms with Crippen LogP contribution in [-0.2, 0) is 6.54 Å². The maximum absolute atomic E-state index is 9.46. The maximum Gasteiger partial charge on any atom is 0.0679 e. The second kappa shape index (κ2) is 4.93. The van der Waals surface area contributed by atoms with Crippen molar-refractivity contribution in [2.24, 2.45) is 0 Å². The van der Waals surface area contributed by atoms with Crippen molar-refractivity contribution in [3.05, 3.63) is 29.6 Å². The lowest BCUT2D eigenvalue weighted by molar-refractivity contribution is 0.174. The predicted octanol–water partition coefficient (Wildman–Crippen LogP) is 1.77. The number of hydrogen-bond donors (Lipinski definition) is 1. The molecule has 1 aromatic heterocycles. The van der Waals surface area contributed by atoms with Gasteiger partial charge in [-0.2, -0.15) is 0 Å². The van der Waals surface area contributed by atoms with E-state index in [0.717, 1.165) is 37.4 Å². The Morgan fingerprint density at radius 3 is 2.94 bits per heavy atom. The standard InChI is InChI=1S/C13H20N2O/c1-10(2)13-5-3-4-11(14-13)8-15-7-6-12(16)9-15/h3-5,10,12,16H,6-9H2,1-2H3. The Kier molecular flexibility index (Phi) is 3.56. The molecule has 2 rings (SSSR count). The molecule has 1 unspecified atom stereocenters. The summed E-state index contributed by atoms with van der Waals surface area (Å²) in [6, 6.07) is 6.22. The summed E-state index contributed by atoms with van der Waals surface area (Å²) in [6.07, 6.45) is 0.748. The average Bonchev–Trinajstić information content (AvgIpc) is 2.64. The fraction of sp³-hybridized carbons (Fsp3) is 0.615. The molecule has 0 spiro atoms. The van der Waals surface area contributed by atoms with E-state index in [4.69, 9.17) is 0 Å². The van der Waals surface area contributed by atoms with Gasteiger partial charge >= 0.3 is 0 Å². The summed E-state index contributed by atoms with van der Waals surface area (Å²) in [5, 5.41) is 9.46. The first-order valence-corrected chi connectivity index (χ1v) is 6.01. The first-order chi connectivity index (χ1) is 7.65. The summed E-state index contributed by atoms with van der Waals surface area (Å²) in [6.45, 7) is 6.94. The van der Waals surface area contributed by atoms with Gasteiger partial charge in [-0.3, -0.25) is 9.88 Å². The molecule has 3 nitrogen and oxygen atoms in total. The third-order valence-corrected chi connectivity index (χ3v) is 3.05. The summed E-state index contributed by atoms with van der Waals surface area (Å²) < 4.78 is 0. The monoisotopic (exact) mass is 220 g/mol. The molecule has 16 heavy (non-hydrogen) atoms. The molecule has 1 atom stereocenters. The SMILES string of the molecule is CC(C)c1cccc(CN2CCC(O)C2)n1. The molecule has 3 heteroatoms. The van der Waals surface area contributed by atoms with Gasteiger partial charge < -0.3 is 5.11 Å². The van der Waals surface area contributed by atoms with Gasteiger partial charge in [0.05, 0.1) is 11.8 Å². The molecular formula is C13H20N2O. The van der Waals surface area contributed by atoms with Crippen LogP contribution in [-0.4, -0.2) is 34.2 Å². The molecule has 1 fully saturated rings. The molecule has 0 amide bonds. The van der Waals surface area contributed by atoms with Gasteiger partial charge in [0.15, 0.2) is 0 Å². The largest absolute Gasteiger partial charge is 0.392 e. The number of β-amino-alcohol motifs (C(OH)–C–C–N with tert-alkyl or cyclic N) is 1. The normalized spacial score (nSPS) is 21.9. The molecule has 2 heterocycles. The third kappa shape index (κ3) is 2.80. The molecule has 0 radical (unpaired) electrons. The molecule has 88 valence electrons. The van der Waals surface area contributed by atoms with Gasteiger partial charge in [-0.1, -0.05) is 19.9 Å². The lowest BCUT2D eigenvalue weighted by atomic mass is 10.1. The molecule has 1 saturated heterocycles. The average molecular weight is 220 g/mol. The van der Waals surface area contributed by atoms with E-state index in [9.17, 15) is 5.11 Å². The topological polar surface area (TPSA) is 36.4 Å². The summed E-state index contributed by atoms with van der Waals surface area (Å²) in [5.74, 6) is 0.476. The lowest BCUT2D eigenvalue weighted by Gasteiger charge is -2.15. The number of nitrogens with zero attached hydrogens (tertiary/aromatic N) is 2. The molecule has 1 N–H and O–H groups in total. The molecule has 1 aliphatic heterocycles. The Bertz CT molecular complexity index is 352. The van der Waals surface area contributed by atoms with E-state index in [1.54, 1.807) is 0 Å². The zero-order chi connectivity index (χ0) is 11.5. The van der Waals surface area contributed by atoms with Crippen LogP contribution in [0.15, 0.2) is 18.2 Å². The van der Waals surface area contributed by atoms with Crippen molar-refractivity contribution in [1.82, 2.24) is 9.88 Å². The fourth-order valence-corrected chi connectivity index (χ4v) is 2.09. The van der Waals surface area contributed by atoms with E-state index in [2.05, 4.69) is 41.9 Å². The molecule has 1 aliphatic rings. The van der Waals surface area contributed by atoms with Crippen LogP contribution in [0.25, 0.3) is 0 Å². The van der Waals surface area contributed by atoms with E-state index in [1.165, 1.54) is 0 Å². The van der Waals surface area contributed by atoms with Gasteiger partial charge in [0, 0.05) is 25.3 Å². The first kappa shape index (κ1) is 11.6. The van der Waals surface area contributed by atoms with E-state index in [1.807, 2.05) is 0 Å². The number of aromatic nitrogens is 1. The minimum absolute atomic E-state index is 0.145. The number of likely N-dealkylation sites (tertiary alicyclic amines) is 1. The maximum atomic E-state index is 9.46. The Hall–Kier alpha value is -0.930. The Morgan fingerprint density at radius 2 is 2.31 bits per heavy atom. The minimum atomic E-state index is -0.145. The van der Waals surface area contributed by atoms with Crippen LogP contribution in [0.1, 0.15) is 37.6 Å². The van der Waals surface area contributed by atoms with Crippen LogP contribution >= 0.6 is 0 Å². The van der Waals surface area contributed by atoms with E-state index < -0.39 is 0 Å². The second-order valence-electron chi connectivity index (χ2n) is 4.89. The van der Waals surface area contributed by atoms with Crippen molar-refractivity contribution < 1.29 is 5.11 Å². The quantitative estimate of drug-likeness (QED) is 0.843. The molecule has 0 saturated carbocycles. The zero-order valence-electron chi connectivity index (χ0n) is 10.1. The van der Waals surface area contributed by atoms with Gasteiger partial charge in [-0.15, -0.1) is 0 Å². The highest BCUT2D eigenvalue weighted by atomic mass is 16.3. The van der Waals surface area contributed by atoms with Gasteiger partial charge in [-0.25, -0.2) is 0 Å². The van der Waals surface area contributed by atoms with Gasteiger partial charge in [0.1, 0.15) is 0 Å². The number of pyridine rings is 1. The van der Waals surface area contributed by atoms with Crippen molar-refractivity contribution in [1.29, 1.82) is 0 Å².